The molecule has 0 saturated heterocycles. The van der Waals surface area contributed by atoms with Crippen LogP contribution in [0, 0.1) is 0 Å². The van der Waals surface area contributed by atoms with Crippen molar-refractivity contribution in [2.75, 3.05) is 20.2 Å². The molecule has 19 heavy (non-hydrogen) atoms. The first-order valence-corrected chi connectivity index (χ1v) is 7.96. The van der Waals surface area contributed by atoms with E-state index in [9.17, 15) is 4.79 Å². The van der Waals surface area contributed by atoms with E-state index in [4.69, 9.17) is 4.74 Å². The number of rotatable bonds is 3. The van der Waals surface area contributed by atoms with E-state index in [-0.39, 0.29) is 12.0 Å². The van der Waals surface area contributed by atoms with Crippen LogP contribution in [0.1, 0.15) is 21.4 Å². The van der Waals surface area contributed by atoms with Crippen molar-refractivity contribution in [3.63, 3.8) is 0 Å². The van der Waals surface area contributed by atoms with Crippen molar-refractivity contribution in [3.05, 3.63) is 44.3 Å². The van der Waals surface area contributed by atoms with Gasteiger partial charge in [-0.2, -0.15) is 0 Å². The average molecular weight is 293 g/mol. The Morgan fingerprint density at radius 1 is 1.42 bits per heavy atom. The van der Waals surface area contributed by atoms with Gasteiger partial charge in [-0.15, -0.1) is 22.7 Å². The molecule has 0 radical (unpaired) electrons. The molecular formula is C14H15NO2S2. The van der Waals surface area contributed by atoms with Crippen LogP contribution in [0.3, 0.4) is 0 Å². The van der Waals surface area contributed by atoms with Crippen LogP contribution >= 0.6 is 22.7 Å². The second kappa shape index (κ2) is 5.45. The van der Waals surface area contributed by atoms with E-state index in [2.05, 4.69) is 33.9 Å². The molecular weight excluding hydrogens is 278 g/mol. The number of fused-ring (bicyclic) bond motifs is 1. The lowest BCUT2D eigenvalue weighted by Gasteiger charge is -2.34. The van der Waals surface area contributed by atoms with Crippen LogP contribution in [-0.2, 0) is 16.0 Å². The monoisotopic (exact) mass is 293 g/mol. The van der Waals surface area contributed by atoms with Crippen molar-refractivity contribution in [3.8, 4) is 0 Å². The van der Waals surface area contributed by atoms with Crippen LogP contribution in [0.25, 0.3) is 0 Å². The highest BCUT2D eigenvalue weighted by Crippen LogP contribution is 2.39. The third kappa shape index (κ3) is 2.45. The van der Waals surface area contributed by atoms with Gasteiger partial charge in [0.2, 0.25) is 0 Å². The first kappa shape index (κ1) is 12.8. The van der Waals surface area contributed by atoms with Crippen molar-refractivity contribution in [1.29, 1.82) is 0 Å². The fourth-order valence-corrected chi connectivity index (χ4v) is 4.33. The molecule has 3 heterocycles. The Bertz CT molecular complexity index is 562. The Morgan fingerprint density at radius 2 is 2.32 bits per heavy atom. The van der Waals surface area contributed by atoms with Gasteiger partial charge in [0.05, 0.1) is 19.7 Å². The van der Waals surface area contributed by atoms with Gasteiger partial charge in [0.25, 0.3) is 0 Å². The van der Waals surface area contributed by atoms with Gasteiger partial charge in [-0.25, -0.2) is 0 Å². The fourth-order valence-electron chi connectivity index (χ4n) is 2.55. The average Bonchev–Trinajstić information content (AvgIpc) is 3.08. The first-order valence-electron chi connectivity index (χ1n) is 6.20. The summed E-state index contributed by atoms with van der Waals surface area (Å²) in [6.07, 6.45) is 1.02. The topological polar surface area (TPSA) is 29.5 Å². The molecule has 1 aliphatic rings. The first-order chi connectivity index (χ1) is 9.29. The molecule has 0 aromatic carbocycles. The van der Waals surface area contributed by atoms with E-state index in [0.29, 0.717) is 6.54 Å². The van der Waals surface area contributed by atoms with Gasteiger partial charge in [-0.05, 0) is 34.9 Å². The normalized spacial score (nSPS) is 19.1. The van der Waals surface area contributed by atoms with Crippen molar-refractivity contribution in [2.45, 2.75) is 12.5 Å². The van der Waals surface area contributed by atoms with Crippen molar-refractivity contribution in [2.24, 2.45) is 0 Å². The van der Waals surface area contributed by atoms with Crippen LogP contribution in [0.4, 0.5) is 0 Å². The maximum atomic E-state index is 11.6. The largest absolute Gasteiger partial charge is 0.468 e. The Morgan fingerprint density at radius 3 is 3.05 bits per heavy atom. The molecule has 0 bridgehead atoms. The highest BCUT2D eigenvalue weighted by atomic mass is 32.1. The van der Waals surface area contributed by atoms with E-state index in [1.807, 2.05) is 11.3 Å². The van der Waals surface area contributed by atoms with E-state index < -0.39 is 0 Å². The van der Waals surface area contributed by atoms with E-state index in [1.165, 1.54) is 22.4 Å². The van der Waals surface area contributed by atoms with Gasteiger partial charge in [-0.1, -0.05) is 6.07 Å². The molecule has 0 spiro atoms. The number of thiophene rings is 2. The molecule has 0 saturated carbocycles. The Balaban J connectivity index is 1.95. The Labute approximate surface area is 120 Å². The lowest BCUT2D eigenvalue weighted by molar-refractivity contribution is -0.142. The molecule has 100 valence electrons. The maximum Gasteiger partial charge on any atom is 0.319 e. The lowest BCUT2D eigenvalue weighted by Crippen LogP contribution is -2.38. The minimum absolute atomic E-state index is 0.166. The van der Waals surface area contributed by atoms with E-state index in [0.717, 1.165) is 13.0 Å². The molecule has 0 amide bonds. The Hall–Kier alpha value is -1.17. The van der Waals surface area contributed by atoms with Gasteiger partial charge >= 0.3 is 5.97 Å². The lowest BCUT2D eigenvalue weighted by atomic mass is 9.98. The molecule has 5 heteroatoms. The zero-order chi connectivity index (χ0) is 13.2. The summed E-state index contributed by atoms with van der Waals surface area (Å²) in [6.45, 7) is 1.26. The van der Waals surface area contributed by atoms with Crippen LogP contribution in [0.5, 0.6) is 0 Å². The third-order valence-corrected chi connectivity index (χ3v) is 5.36. The number of ether oxygens (including phenoxy) is 1. The second-order valence-corrected chi connectivity index (χ2v) is 6.49. The number of esters is 1. The quantitative estimate of drug-likeness (QED) is 0.815. The second-order valence-electron chi connectivity index (χ2n) is 4.51. The summed E-state index contributed by atoms with van der Waals surface area (Å²) in [5.41, 5.74) is 1.35. The molecule has 0 aliphatic carbocycles. The highest BCUT2D eigenvalue weighted by molar-refractivity contribution is 7.10. The minimum atomic E-state index is -0.166. The third-order valence-electron chi connectivity index (χ3n) is 3.44. The molecule has 0 fully saturated rings. The van der Waals surface area contributed by atoms with Gasteiger partial charge in [0.1, 0.15) is 0 Å². The van der Waals surface area contributed by atoms with Gasteiger partial charge in [0.15, 0.2) is 0 Å². The molecule has 2 aromatic rings. The zero-order valence-electron chi connectivity index (χ0n) is 10.7. The molecule has 1 atom stereocenters. The number of carbonyl (C=O) groups excluding carboxylic acids is 1. The summed E-state index contributed by atoms with van der Waals surface area (Å²) >= 11 is 3.56. The number of nitrogens with zero attached hydrogens (tertiary/aromatic N) is 1. The summed E-state index contributed by atoms with van der Waals surface area (Å²) in [5.74, 6) is -0.166. The molecule has 3 rings (SSSR count). The van der Waals surface area contributed by atoms with Crippen molar-refractivity contribution in [1.82, 2.24) is 4.90 Å². The van der Waals surface area contributed by atoms with E-state index in [1.54, 1.807) is 11.3 Å². The molecule has 1 unspecified atom stereocenters. The smallest absolute Gasteiger partial charge is 0.319 e. The predicted molar refractivity (Wildman–Crippen MR) is 77.8 cm³/mol. The van der Waals surface area contributed by atoms with Gasteiger partial charge in [-0.3, -0.25) is 9.69 Å². The Kier molecular flexibility index (Phi) is 3.68. The van der Waals surface area contributed by atoms with Crippen LogP contribution in [0.15, 0.2) is 29.0 Å². The number of hydrogen-bond donors (Lipinski definition) is 0. The predicted octanol–water partition coefficient (Wildman–Crippen LogP) is 2.93. The molecule has 2 aromatic heterocycles. The number of methoxy groups -OCH3 is 1. The molecule has 3 nitrogen and oxygen atoms in total. The van der Waals surface area contributed by atoms with Crippen molar-refractivity contribution < 1.29 is 9.53 Å². The summed E-state index contributed by atoms with van der Waals surface area (Å²) < 4.78 is 4.81. The van der Waals surface area contributed by atoms with E-state index >= 15 is 0 Å². The minimum Gasteiger partial charge on any atom is -0.468 e. The summed E-state index contributed by atoms with van der Waals surface area (Å²) in [6, 6.07) is 6.60. The highest BCUT2D eigenvalue weighted by Gasteiger charge is 2.31. The maximum absolute atomic E-state index is 11.6. The SMILES string of the molecule is COC(=O)CN1CCc2sccc2C1c1cccs1. The van der Waals surface area contributed by atoms with Gasteiger partial charge in [0, 0.05) is 16.3 Å². The van der Waals surface area contributed by atoms with Gasteiger partial charge < -0.3 is 4.74 Å². The molecule has 0 N–H and O–H groups in total. The number of hydrogen-bond acceptors (Lipinski definition) is 5. The van der Waals surface area contributed by atoms with Crippen LogP contribution in [0.2, 0.25) is 0 Å². The summed E-state index contributed by atoms with van der Waals surface area (Å²) in [7, 11) is 1.45. The zero-order valence-corrected chi connectivity index (χ0v) is 12.3. The fraction of sp³-hybridized carbons (Fsp3) is 0.357. The summed E-state index contributed by atoms with van der Waals surface area (Å²) in [4.78, 5) is 16.5. The number of carbonyl (C=O) groups is 1. The van der Waals surface area contributed by atoms with Crippen LogP contribution < -0.4 is 0 Å². The molecule has 1 aliphatic heterocycles. The standard InChI is InChI=1S/C14H15NO2S2/c1-17-13(16)9-15-6-4-11-10(5-8-19-11)14(15)12-3-2-7-18-12/h2-3,5,7-8,14H,4,6,9H2,1H3. The van der Waals surface area contributed by atoms with Crippen LogP contribution in [-0.4, -0.2) is 31.1 Å². The van der Waals surface area contributed by atoms with Crippen molar-refractivity contribution >= 4 is 28.6 Å². The summed E-state index contributed by atoms with van der Waals surface area (Å²) in [5, 5.41) is 4.24.